The summed E-state index contributed by atoms with van der Waals surface area (Å²) < 4.78 is 27.9. The summed E-state index contributed by atoms with van der Waals surface area (Å²) in [5, 5.41) is 16.1. The zero-order valence-corrected chi connectivity index (χ0v) is 15.5. The van der Waals surface area contributed by atoms with Gasteiger partial charge in [-0.25, -0.2) is 8.78 Å². The van der Waals surface area contributed by atoms with E-state index in [-0.39, 0.29) is 29.0 Å². The van der Waals surface area contributed by atoms with E-state index in [4.69, 9.17) is 16.7 Å². The van der Waals surface area contributed by atoms with Crippen LogP contribution in [0.2, 0.25) is 5.02 Å². The van der Waals surface area contributed by atoms with E-state index >= 15 is 0 Å². The molecule has 0 saturated carbocycles. The quantitative estimate of drug-likeness (QED) is 0.621. The highest BCUT2D eigenvalue weighted by Crippen LogP contribution is 2.27. The number of aliphatic hydroxyl groups excluding tert-OH is 1. The molecule has 1 heterocycles. The van der Waals surface area contributed by atoms with Crippen LogP contribution in [0.3, 0.4) is 0 Å². The first-order chi connectivity index (χ1) is 13.5. The smallest absolute Gasteiger partial charge is 0.292 e. The first-order valence-corrected chi connectivity index (χ1v) is 9.04. The lowest BCUT2D eigenvalue weighted by Crippen LogP contribution is -2.24. The third-order valence-corrected chi connectivity index (χ3v) is 4.60. The lowest BCUT2D eigenvalue weighted by molar-refractivity contribution is 0.281. The predicted octanol–water partition coefficient (Wildman–Crippen LogP) is 4.09. The van der Waals surface area contributed by atoms with E-state index in [0.29, 0.717) is 18.9 Å². The maximum absolute atomic E-state index is 14.0. The van der Waals surface area contributed by atoms with Crippen LogP contribution in [0.15, 0.2) is 59.5 Å². The molecule has 146 valence electrons. The van der Waals surface area contributed by atoms with Crippen LogP contribution in [0.4, 0.5) is 14.5 Å². The molecule has 0 aliphatic heterocycles. The minimum atomic E-state index is -0.920. The molecule has 0 aliphatic rings. The van der Waals surface area contributed by atoms with E-state index < -0.39 is 17.2 Å². The Morgan fingerprint density at radius 1 is 1.18 bits per heavy atom. The van der Waals surface area contributed by atoms with Gasteiger partial charge in [0.1, 0.15) is 16.5 Å². The second-order valence-electron chi connectivity index (χ2n) is 6.16. The van der Waals surface area contributed by atoms with Crippen molar-refractivity contribution in [1.82, 2.24) is 9.78 Å². The number of aromatic nitrogens is 2. The van der Waals surface area contributed by atoms with Crippen molar-refractivity contribution in [2.24, 2.45) is 0 Å². The normalized spacial score (nSPS) is 12.0. The summed E-state index contributed by atoms with van der Waals surface area (Å²) in [6.45, 7) is 0.0302. The van der Waals surface area contributed by atoms with Gasteiger partial charge in [-0.15, -0.1) is 0 Å². The van der Waals surface area contributed by atoms with Crippen molar-refractivity contribution >= 4 is 17.3 Å². The standard InChI is InChI=1S/C20H18ClF2N3O2/c21-19-17(25-16(7-4-10-27)13-5-2-1-3-6-13)12-24-26(20(19)28)18-9-8-14(22)11-15(18)23/h1-3,5-6,8-9,11-12,16,25,27H,4,7,10H2. The monoisotopic (exact) mass is 405 g/mol. The van der Waals surface area contributed by atoms with Gasteiger partial charge in [-0.1, -0.05) is 41.9 Å². The summed E-state index contributed by atoms with van der Waals surface area (Å²) in [4.78, 5) is 12.6. The Balaban J connectivity index is 1.94. The van der Waals surface area contributed by atoms with E-state index in [1.165, 1.54) is 6.20 Å². The number of hydrogen-bond donors (Lipinski definition) is 2. The first kappa shape index (κ1) is 20.0. The van der Waals surface area contributed by atoms with Crippen LogP contribution in [-0.2, 0) is 0 Å². The summed E-state index contributed by atoms with van der Waals surface area (Å²) in [6.07, 6.45) is 2.48. The zero-order valence-electron chi connectivity index (χ0n) is 14.8. The molecular weight excluding hydrogens is 388 g/mol. The van der Waals surface area contributed by atoms with Gasteiger partial charge in [0.15, 0.2) is 5.82 Å². The number of aliphatic hydroxyl groups is 1. The number of halogens is 3. The van der Waals surface area contributed by atoms with Gasteiger partial charge in [-0.2, -0.15) is 9.78 Å². The van der Waals surface area contributed by atoms with Crippen LogP contribution in [0.25, 0.3) is 5.69 Å². The number of rotatable bonds is 7. The van der Waals surface area contributed by atoms with Gasteiger partial charge in [-0.3, -0.25) is 4.79 Å². The predicted molar refractivity (Wildman–Crippen MR) is 104 cm³/mol. The Morgan fingerprint density at radius 2 is 1.93 bits per heavy atom. The molecule has 0 spiro atoms. The maximum Gasteiger partial charge on any atom is 0.292 e. The van der Waals surface area contributed by atoms with Gasteiger partial charge >= 0.3 is 0 Å². The van der Waals surface area contributed by atoms with Crippen molar-refractivity contribution in [3.05, 3.63) is 87.3 Å². The third-order valence-electron chi connectivity index (χ3n) is 4.24. The van der Waals surface area contributed by atoms with E-state index in [1.54, 1.807) is 0 Å². The molecule has 0 aliphatic carbocycles. The molecular formula is C20H18ClF2N3O2. The lowest BCUT2D eigenvalue weighted by Gasteiger charge is -2.21. The van der Waals surface area contributed by atoms with Crippen LogP contribution >= 0.6 is 11.6 Å². The average Bonchev–Trinajstić information content (AvgIpc) is 2.70. The van der Waals surface area contributed by atoms with Crippen LogP contribution in [-0.4, -0.2) is 21.5 Å². The van der Waals surface area contributed by atoms with Crippen LogP contribution in [0.5, 0.6) is 0 Å². The summed E-state index contributed by atoms with van der Waals surface area (Å²) >= 11 is 6.22. The number of benzene rings is 2. The average molecular weight is 406 g/mol. The number of nitrogens with one attached hydrogen (secondary N) is 1. The summed E-state index contributed by atoms with van der Waals surface area (Å²) in [7, 11) is 0. The van der Waals surface area contributed by atoms with Gasteiger partial charge in [0.05, 0.1) is 17.9 Å². The number of hydrogen-bond acceptors (Lipinski definition) is 4. The topological polar surface area (TPSA) is 67.2 Å². The van der Waals surface area contributed by atoms with E-state index in [2.05, 4.69) is 10.4 Å². The Bertz CT molecular complexity index is 1010. The molecule has 0 amide bonds. The zero-order chi connectivity index (χ0) is 20.1. The van der Waals surface area contributed by atoms with Gasteiger partial charge in [0, 0.05) is 12.7 Å². The highest BCUT2D eigenvalue weighted by molar-refractivity contribution is 6.33. The van der Waals surface area contributed by atoms with Crippen molar-refractivity contribution in [3.63, 3.8) is 0 Å². The first-order valence-electron chi connectivity index (χ1n) is 8.67. The Kier molecular flexibility index (Phi) is 6.38. The summed E-state index contributed by atoms with van der Waals surface area (Å²) in [5.74, 6) is -1.68. The van der Waals surface area contributed by atoms with Crippen molar-refractivity contribution < 1.29 is 13.9 Å². The highest BCUT2D eigenvalue weighted by atomic mass is 35.5. The Morgan fingerprint density at radius 3 is 2.61 bits per heavy atom. The van der Waals surface area contributed by atoms with Crippen LogP contribution in [0, 0.1) is 11.6 Å². The second-order valence-corrected chi connectivity index (χ2v) is 6.54. The summed E-state index contributed by atoms with van der Waals surface area (Å²) in [5.41, 5.74) is 0.323. The van der Waals surface area contributed by atoms with E-state index in [0.717, 1.165) is 22.4 Å². The fourth-order valence-corrected chi connectivity index (χ4v) is 3.03. The molecule has 0 saturated heterocycles. The van der Waals surface area contributed by atoms with Gasteiger partial charge in [-0.05, 0) is 30.5 Å². The highest BCUT2D eigenvalue weighted by Gasteiger charge is 2.17. The van der Waals surface area contributed by atoms with Gasteiger partial charge < -0.3 is 10.4 Å². The third kappa shape index (κ3) is 4.37. The molecule has 5 nitrogen and oxygen atoms in total. The second kappa shape index (κ2) is 8.95. The largest absolute Gasteiger partial charge is 0.396 e. The lowest BCUT2D eigenvalue weighted by atomic mass is 10.0. The van der Waals surface area contributed by atoms with Crippen LogP contribution < -0.4 is 10.9 Å². The fraction of sp³-hybridized carbons (Fsp3) is 0.200. The minimum absolute atomic E-state index is 0.0302. The Labute approximate surface area is 165 Å². The fourth-order valence-electron chi connectivity index (χ4n) is 2.85. The molecule has 3 rings (SSSR count). The summed E-state index contributed by atoms with van der Waals surface area (Å²) in [6, 6.07) is 12.1. The molecule has 8 heteroatoms. The molecule has 28 heavy (non-hydrogen) atoms. The van der Waals surface area contributed by atoms with E-state index in [1.807, 2.05) is 30.3 Å². The Hall–Kier alpha value is -2.77. The molecule has 0 radical (unpaired) electrons. The van der Waals surface area contributed by atoms with Crippen LogP contribution in [0.1, 0.15) is 24.4 Å². The molecule has 2 aromatic carbocycles. The molecule has 0 fully saturated rings. The molecule has 1 atom stereocenters. The molecule has 3 aromatic rings. The number of anilines is 1. The van der Waals surface area contributed by atoms with Crippen molar-refractivity contribution in [2.45, 2.75) is 18.9 Å². The number of nitrogens with zero attached hydrogens (tertiary/aromatic N) is 2. The minimum Gasteiger partial charge on any atom is -0.396 e. The molecule has 2 N–H and O–H groups in total. The van der Waals surface area contributed by atoms with Gasteiger partial charge in [0.2, 0.25) is 0 Å². The SMILES string of the molecule is O=c1c(Cl)c(NC(CCCO)c2ccccc2)cnn1-c1ccc(F)cc1F. The molecule has 1 unspecified atom stereocenters. The molecule has 0 bridgehead atoms. The van der Waals surface area contributed by atoms with Crippen molar-refractivity contribution in [1.29, 1.82) is 0 Å². The van der Waals surface area contributed by atoms with Gasteiger partial charge in [0.25, 0.3) is 5.56 Å². The maximum atomic E-state index is 14.0. The van der Waals surface area contributed by atoms with Crippen molar-refractivity contribution in [2.75, 3.05) is 11.9 Å². The molecule has 1 aromatic heterocycles. The van der Waals surface area contributed by atoms with Crippen molar-refractivity contribution in [3.8, 4) is 5.69 Å². The van der Waals surface area contributed by atoms with E-state index in [9.17, 15) is 13.6 Å².